The van der Waals surface area contributed by atoms with Crippen LogP contribution in [0.4, 0.5) is 0 Å². The summed E-state index contributed by atoms with van der Waals surface area (Å²) < 4.78 is 2.17. The molecule has 0 aliphatic carbocycles. The highest BCUT2D eigenvalue weighted by atomic mass is 32.1. The summed E-state index contributed by atoms with van der Waals surface area (Å²) in [5, 5.41) is 6.27. The number of hydrogen-bond acceptors (Lipinski definition) is 3. The third kappa shape index (κ3) is 4.31. The predicted octanol–water partition coefficient (Wildman–Crippen LogP) is 4.70. The lowest BCUT2D eigenvalue weighted by Gasteiger charge is -2.11. The Kier molecular flexibility index (Phi) is 5.83. The summed E-state index contributed by atoms with van der Waals surface area (Å²) in [6.45, 7) is 1.42. The van der Waals surface area contributed by atoms with Crippen molar-refractivity contribution in [2.24, 2.45) is 0 Å². The topological polar surface area (TPSA) is 46.9 Å². The van der Waals surface area contributed by atoms with Crippen LogP contribution in [-0.4, -0.2) is 22.0 Å². The molecular weight excluding hydrogens is 366 g/mol. The summed E-state index contributed by atoms with van der Waals surface area (Å²) >= 11 is 1.69. The molecule has 4 aromatic rings. The molecule has 1 aromatic carbocycles. The quantitative estimate of drug-likeness (QED) is 0.475. The first-order valence-corrected chi connectivity index (χ1v) is 10.5. The average Bonchev–Trinajstić information content (AvgIpc) is 3.32. The lowest BCUT2D eigenvalue weighted by Crippen LogP contribution is -2.28. The minimum absolute atomic E-state index is 0.0148. The van der Waals surface area contributed by atoms with E-state index in [9.17, 15) is 4.79 Å². The van der Waals surface area contributed by atoms with E-state index in [1.807, 2.05) is 30.3 Å². The zero-order chi connectivity index (χ0) is 19.2. The van der Waals surface area contributed by atoms with Crippen molar-refractivity contribution in [1.29, 1.82) is 0 Å². The Morgan fingerprint density at radius 3 is 2.71 bits per heavy atom. The van der Waals surface area contributed by atoms with Crippen molar-refractivity contribution in [2.45, 2.75) is 25.8 Å². The predicted molar refractivity (Wildman–Crippen MR) is 115 cm³/mol. The van der Waals surface area contributed by atoms with Crippen LogP contribution in [-0.2, 0) is 19.4 Å². The molecule has 1 N–H and O–H groups in total. The summed E-state index contributed by atoms with van der Waals surface area (Å²) in [7, 11) is 0. The van der Waals surface area contributed by atoms with Crippen molar-refractivity contribution in [3.05, 3.63) is 89.2 Å². The highest BCUT2D eigenvalue weighted by molar-refractivity contribution is 7.16. The lowest BCUT2D eigenvalue weighted by molar-refractivity contribution is 0.0945. The maximum atomic E-state index is 12.8. The molecular formula is C23H23N3OS. The molecule has 0 atom stereocenters. The minimum Gasteiger partial charge on any atom is -0.350 e. The second kappa shape index (κ2) is 8.85. The molecule has 3 heterocycles. The molecule has 0 bridgehead atoms. The molecule has 142 valence electrons. The monoisotopic (exact) mass is 389 g/mol. The largest absolute Gasteiger partial charge is 0.350 e. The Balaban J connectivity index is 1.42. The van der Waals surface area contributed by atoms with Gasteiger partial charge in [0.2, 0.25) is 0 Å². The molecule has 28 heavy (non-hydrogen) atoms. The zero-order valence-corrected chi connectivity index (χ0v) is 16.5. The van der Waals surface area contributed by atoms with Gasteiger partial charge in [-0.15, -0.1) is 11.3 Å². The van der Waals surface area contributed by atoms with Gasteiger partial charge in [0.05, 0.1) is 0 Å². The number of hydrogen-bond donors (Lipinski definition) is 1. The van der Waals surface area contributed by atoms with E-state index in [1.165, 1.54) is 10.4 Å². The Morgan fingerprint density at radius 1 is 1.04 bits per heavy atom. The van der Waals surface area contributed by atoms with Crippen LogP contribution in [0.3, 0.4) is 0 Å². The smallest absolute Gasteiger partial charge is 0.267 e. The highest BCUT2D eigenvalue weighted by Crippen LogP contribution is 2.26. The van der Waals surface area contributed by atoms with Gasteiger partial charge in [-0.2, -0.15) is 0 Å². The van der Waals surface area contributed by atoms with Crippen molar-refractivity contribution in [2.75, 3.05) is 6.54 Å². The molecule has 0 radical (unpaired) electrons. The maximum Gasteiger partial charge on any atom is 0.267 e. The first kappa shape index (κ1) is 18.4. The second-order valence-electron chi connectivity index (χ2n) is 6.78. The van der Waals surface area contributed by atoms with Gasteiger partial charge < -0.3 is 9.88 Å². The van der Waals surface area contributed by atoms with Crippen molar-refractivity contribution in [3.63, 3.8) is 0 Å². The number of aryl methyl sites for hydroxylation is 2. The van der Waals surface area contributed by atoms with Crippen LogP contribution in [0.25, 0.3) is 10.2 Å². The van der Waals surface area contributed by atoms with E-state index in [4.69, 9.17) is 0 Å². The fourth-order valence-corrected chi connectivity index (χ4v) is 4.34. The van der Waals surface area contributed by atoms with E-state index in [0.29, 0.717) is 6.54 Å². The second-order valence-corrected chi connectivity index (χ2v) is 7.67. The van der Waals surface area contributed by atoms with Crippen molar-refractivity contribution < 1.29 is 4.79 Å². The van der Waals surface area contributed by atoms with Crippen molar-refractivity contribution in [1.82, 2.24) is 14.9 Å². The van der Waals surface area contributed by atoms with Gasteiger partial charge in [0.15, 0.2) is 0 Å². The average molecular weight is 390 g/mol. The maximum absolute atomic E-state index is 12.8. The minimum atomic E-state index is -0.0148. The highest BCUT2D eigenvalue weighted by Gasteiger charge is 2.16. The molecule has 4 nitrogen and oxygen atoms in total. The number of carbonyl (C=O) groups is 1. The molecule has 0 fully saturated rings. The molecule has 4 rings (SSSR count). The molecule has 0 unspecified atom stereocenters. The standard InChI is InChI=1S/C23H23N3OS/c27-22(25-14-11-20-10-4-5-13-24-20)21-17-19-12-16-28-23(19)26(21)15-6-9-18-7-2-1-3-8-18/h1-5,7-8,10,12-13,16-17H,6,9,11,14-15H2,(H,25,27). The SMILES string of the molecule is O=C(NCCc1ccccn1)c1cc2ccsc2n1CCCc1ccccc1. The fraction of sp³-hybridized carbons (Fsp3) is 0.217. The Morgan fingerprint density at radius 2 is 1.89 bits per heavy atom. The summed E-state index contributed by atoms with van der Waals surface area (Å²) in [5.74, 6) is -0.0148. The fourth-order valence-electron chi connectivity index (χ4n) is 3.41. The van der Waals surface area contributed by atoms with Crippen LogP contribution in [0.5, 0.6) is 0 Å². The Bertz CT molecular complexity index is 1040. The van der Waals surface area contributed by atoms with Crippen LogP contribution in [0.1, 0.15) is 28.2 Å². The number of aromatic nitrogens is 2. The van der Waals surface area contributed by atoms with Crippen molar-refractivity contribution >= 4 is 27.5 Å². The number of thiophene rings is 1. The summed E-state index contributed by atoms with van der Waals surface area (Å²) in [5.41, 5.74) is 3.07. The molecule has 0 aliphatic heterocycles. The number of rotatable bonds is 8. The van der Waals surface area contributed by atoms with Gasteiger partial charge >= 0.3 is 0 Å². The first-order valence-electron chi connectivity index (χ1n) is 9.60. The van der Waals surface area contributed by atoms with Crippen LogP contribution in [0.15, 0.2) is 72.2 Å². The third-order valence-electron chi connectivity index (χ3n) is 4.82. The van der Waals surface area contributed by atoms with Crippen molar-refractivity contribution in [3.8, 4) is 0 Å². The number of carbonyl (C=O) groups excluding carboxylic acids is 1. The van der Waals surface area contributed by atoms with Gasteiger partial charge in [0.25, 0.3) is 5.91 Å². The number of amides is 1. The third-order valence-corrected chi connectivity index (χ3v) is 5.77. The lowest BCUT2D eigenvalue weighted by atomic mass is 10.1. The van der Waals surface area contributed by atoms with E-state index in [1.54, 1.807) is 17.5 Å². The van der Waals surface area contributed by atoms with E-state index in [-0.39, 0.29) is 5.91 Å². The number of nitrogens with zero attached hydrogens (tertiary/aromatic N) is 2. The van der Waals surface area contributed by atoms with E-state index >= 15 is 0 Å². The summed E-state index contributed by atoms with van der Waals surface area (Å²) in [4.78, 5) is 18.3. The molecule has 5 heteroatoms. The van der Waals surface area contributed by atoms with Gasteiger partial charge in [-0.25, -0.2) is 0 Å². The Labute approximate surface area is 168 Å². The van der Waals surface area contributed by atoms with Gasteiger partial charge in [0.1, 0.15) is 10.5 Å². The molecule has 0 saturated carbocycles. The first-order chi connectivity index (χ1) is 13.8. The normalized spacial score (nSPS) is 11.0. The summed E-state index contributed by atoms with van der Waals surface area (Å²) in [6, 6.07) is 20.4. The number of benzene rings is 1. The van der Waals surface area contributed by atoms with E-state index in [0.717, 1.165) is 42.6 Å². The van der Waals surface area contributed by atoms with Crippen LogP contribution < -0.4 is 5.32 Å². The summed E-state index contributed by atoms with van der Waals surface area (Å²) in [6.07, 6.45) is 4.52. The number of fused-ring (bicyclic) bond motifs is 1. The molecule has 0 spiro atoms. The number of nitrogens with one attached hydrogen (secondary N) is 1. The number of pyridine rings is 1. The van der Waals surface area contributed by atoms with Gasteiger partial charge in [-0.05, 0) is 48.1 Å². The van der Waals surface area contributed by atoms with Gasteiger partial charge in [-0.3, -0.25) is 9.78 Å². The van der Waals surface area contributed by atoms with Gasteiger partial charge in [0, 0.05) is 36.8 Å². The van der Waals surface area contributed by atoms with Crippen LogP contribution >= 0.6 is 11.3 Å². The molecule has 1 amide bonds. The Hall–Kier alpha value is -2.92. The van der Waals surface area contributed by atoms with E-state index in [2.05, 4.69) is 50.6 Å². The van der Waals surface area contributed by atoms with Crippen LogP contribution in [0.2, 0.25) is 0 Å². The zero-order valence-electron chi connectivity index (χ0n) is 15.7. The van der Waals surface area contributed by atoms with E-state index < -0.39 is 0 Å². The molecule has 0 aliphatic rings. The molecule has 3 aromatic heterocycles. The van der Waals surface area contributed by atoms with Crippen LogP contribution in [0, 0.1) is 0 Å². The van der Waals surface area contributed by atoms with Gasteiger partial charge in [-0.1, -0.05) is 36.4 Å². The molecule has 0 saturated heterocycles.